The predicted octanol–water partition coefficient (Wildman–Crippen LogP) is 2.73. The Morgan fingerprint density at radius 3 is 2.62 bits per heavy atom. The van der Waals surface area contributed by atoms with Crippen molar-refractivity contribution < 1.29 is 22.5 Å². The Hall–Kier alpha value is -1.92. The molecular formula is C11H10ClFN2O5S. The van der Waals surface area contributed by atoms with Gasteiger partial charge in [-0.15, -0.1) is 0 Å². The standard InChI is InChI=1S/C11H10ClFN2O5S/c12-21(18,19)11-7-9(15(16)17)10(6-8(11)13)20-5-3-1-2-4-14/h6-7H,1-3,5H2. The predicted molar refractivity (Wildman–Crippen MR) is 71.1 cm³/mol. The van der Waals surface area contributed by atoms with Crippen molar-refractivity contribution in [1.82, 2.24) is 0 Å². The minimum absolute atomic E-state index is 0.0366. The topological polar surface area (TPSA) is 110 Å². The summed E-state index contributed by atoms with van der Waals surface area (Å²) in [4.78, 5) is 9.00. The summed E-state index contributed by atoms with van der Waals surface area (Å²) in [5.74, 6) is -1.62. The van der Waals surface area contributed by atoms with Gasteiger partial charge in [0.25, 0.3) is 9.05 Å². The molecule has 7 nitrogen and oxygen atoms in total. The number of hydrogen-bond acceptors (Lipinski definition) is 6. The molecule has 0 amide bonds. The van der Waals surface area contributed by atoms with Crippen LogP contribution < -0.4 is 4.74 Å². The molecule has 0 fully saturated rings. The number of halogens is 2. The minimum Gasteiger partial charge on any atom is -0.487 e. The second-order valence-electron chi connectivity index (χ2n) is 3.91. The van der Waals surface area contributed by atoms with E-state index in [-0.39, 0.29) is 6.61 Å². The zero-order valence-corrected chi connectivity index (χ0v) is 12.2. The zero-order valence-electron chi connectivity index (χ0n) is 10.6. The van der Waals surface area contributed by atoms with Crippen LogP contribution in [0.1, 0.15) is 19.3 Å². The van der Waals surface area contributed by atoms with Crippen LogP contribution in [0.5, 0.6) is 5.75 Å². The van der Waals surface area contributed by atoms with E-state index in [2.05, 4.69) is 0 Å². The highest BCUT2D eigenvalue weighted by atomic mass is 35.7. The molecule has 0 aliphatic heterocycles. The number of nitro groups is 1. The van der Waals surface area contributed by atoms with Crippen molar-refractivity contribution in [2.24, 2.45) is 0 Å². The molecule has 0 saturated heterocycles. The van der Waals surface area contributed by atoms with Gasteiger partial charge in [-0.3, -0.25) is 10.1 Å². The molecule has 1 rings (SSSR count). The molecule has 1 aromatic carbocycles. The van der Waals surface area contributed by atoms with Gasteiger partial charge in [0.05, 0.1) is 17.6 Å². The van der Waals surface area contributed by atoms with Gasteiger partial charge in [-0.25, -0.2) is 12.8 Å². The number of benzene rings is 1. The molecule has 0 bridgehead atoms. The molecule has 0 N–H and O–H groups in total. The van der Waals surface area contributed by atoms with E-state index in [9.17, 15) is 22.9 Å². The van der Waals surface area contributed by atoms with Crippen LogP contribution in [0.3, 0.4) is 0 Å². The Kier molecular flexibility index (Phi) is 5.87. The molecule has 0 heterocycles. The Morgan fingerprint density at radius 1 is 1.43 bits per heavy atom. The number of ether oxygens (including phenoxy) is 1. The fourth-order valence-corrected chi connectivity index (χ4v) is 2.36. The molecule has 114 valence electrons. The third-order valence-corrected chi connectivity index (χ3v) is 3.75. The van der Waals surface area contributed by atoms with Gasteiger partial charge in [0.1, 0.15) is 10.7 Å². The first-order valence-electron chi connectivity index (χ1n) is 5.69. The molecule has 0 spiro atoms. The molecule has 10 heteroatoms. The van der Waals surface area contributed by atoms with E-state index >= 15 is 0 Å². The van der Waals surface area contributed by atoms with Crippen LogP contribution in [0.25, 0.3) is 0 Å². The lowest BCUT2D eigenvalue weighted by atomic mass is 10.2. The van der Waals surface area contributed by atoms with E-state index in [0.29, 0.717) is 31.4 Å². The highest BCUT2D eigenvalue weighted by Gasteiger charge is 2.25. The van der Waals surface area contributed by atoms with E-state index < -0.39 is 36.1 Å². The van der Waals surface area contributed by atoms with Crippen LogP contribution in [0.4, 0.5) is 10.1 Å². The Bertz CT molecular complexity index is 687. The lowest BCUT2D eigenvalue weighted by molar-refractivity contribution is -0.386. The van der Waals surface area contributed by atoms with Crippen LogP contribution in [0, 0.1) is 27.3 Å². The maximum atomic E-state index is 13.6. The second kappa shape index (κ2) is 7.19. The maximum absolute atomic E-state index is 13.6. The third kappa shape index (κ3) is 4.84. The number of nitriles is 1. The molecule has 0 atom stereocenters. The largest absolute Gasteiger partial charge is 0.487 e. The van der Waals surface area contributed by atoms with E-state index in [1.165, 1.54) is 0 Å². The van der Waals surface area contributed by atoms with Gasteiger partial charge in [0.2, 0.25) is 0 Å². The van der Waals surface area contributed by atoms with Crippen LogP contribution in [-0.4, -0.2) is 19.9 Å². The van der Waals surface area contributed by atoms with Gasteiger partial charge >= 0.3 is 5.69 Å². The van der Waals surface area contributed by atoms with E-state index in [1.54, 1.807) is 0 Å². The smallest absolute Gasteiger partial charge is 0.312 e. The summed E-state index contributed by atoms with van der Waals surface area (Å²) in [7, 11) is 0.555. The molecule has 0 radical (unpaired) electrons. The summed E-state index contributed by atoms with van der Waals surface area (Å²) in [5.41, 5.74) is -0.698. The molecule has 0 saturated carbocycles. The summed E-state index contributed by atoms with van der Waals surface area (Å²) in [5, 5.41) is 19.2. The van der Waals surface area contributed by atoms with E-state index in [4.69, 9.17) is 20.7 Å². The number of unbranched alkanes of at least 4 members (excludes halogenated alkanes) is 2. The first-order valence-corrected chi connectivity index (χ1v) is 8.00. The fraction of sp³-hybridized carbons (Fsp3) is 0.364. The maximum Gasteiger partial charge on any atom is 0.312 e. The summed E-state index contributed by atoms with van der Waals surface area (Å²) in [6.45, 7) is 0.0366. The number of hydrogen-bond donors (Lipinski definition) is 0. The minimum atomic E-state index is -4.44. The number of rotatable bonds is 7. The van der Waals surface area contributed by atoms with Gasteiger partial charge in [-0.1, -0.05) is 0 Å². The Labute approximate surface area is 124 Å². The van der Waals surface area contributed by atoms with Gasteiger partial charge in [-0.05, 0) is 12.8 Å². The molecule has 21 heavy (non-hydrogen) atoms. The van der Waals surface area contributed by atoms with Gasteiger partial charge in [0, 0.05) is 29.2 Å². The average Bonchev–Trinajstić information content (AvgIpc) is 2.36. The normalized spacial score (nSPS) is 10.9. The van der Waals surface area contributed by atoms with E-state index in [0.717, 1.165) is 0 Å². The van der Waals surface area contributed by atoms with Crippen LogP contribution >= 0.6 is 10.7 Å². The van der Waals surface area contributed by atoms with Crippen LogP contribution in [-0.2, 0) is 9.05 Å². The average molecular weight is 337 g/mol. The monoisotopic (exact) mass is 336 g/mol. The lowest BCUT2D eigenvalue weighted by Gasteiger charge is -2.08. The summed E-state index contributed by atoms with van der Waals surface area (Å²) < 4.78 is 40.9. The van der Waals surface area contributed by atoms with Crippen molar-refractivity contribution in [2.75, 3.05) is 6.61 Å². The van der Waals surface area contributed by atoms with Crippen molar-refractivity contribution in [3.8, 4) is 11.8 Å². The summed E-state index contributed by atoms with van der Waals surface area (Å²) in [6.07, 6.45) is 1.28. The summed E-state index contributed by atoms with van der Waals surface area (Å²) >= 11 is 0. The molecule has 0 aliphatic carbocycles. The van der Waals surface area contributed by atoms with Crippen molar-refractivity contribution in [3.63, 3.8) is 0 Å². The molecule has 0 aliphatic rings. The van der Waals surface area contributed by atoms with Gasteiger partial charge in [-0.2, -0.15) is 5.26 Å². The van der Waals surface area contributed by atoms with Crippen LogP contribution in [0.2, 0.25) is 0 Å². The zero-order chi connectivity index (χ0) is 16.0. The lowest BCUT2D eigenvalue weighted by Crippen LogP contribution is -2.04. The molecular weight excluding hydrogens is 327 g/mol. The van der Waals surface area contributed by atoms with Gasteiger partial charge < -0.3 is 4.74 Å². The molecule has 0 aromatic heterocycles. The Morgan fingerprint density at radius 2 is 2.10 bits per heavy atom. The molecule has 0 unspecified atom stereocenters. The molecule has 1 aromatic rings. The van der Waals surface area contributed by atoms with Crippen molar-refractivity contribution in [3.05, 3.63) is 28.1 Å². The first kappa shape index (κ1) is 17.1. The second-order valence-corrected chi connectivity index (χ2v) is 6.44. The number of nitro benzene ring substituents is 1. The van der Waals surface area contributed by atoms with Crippen molar-refractivity contribution in [2.45, 2.75) is 24.2 Å². The third-order valence-electron chi connectivity index (χ3n) is 2.41. The van der Waals surface area contributed by atoms with Gasteiger partial charge in [0.15, 0.2) is 5.75 Å². The SMILES string of the molecule is N#CCCCCOc1cc(F)c(S(=O)(=O)Cl)cc1[N+](=O)[O-]. The first-order chi connectivity index (χ1) is 9.77. The van der Waals surface area contributed by atoms with Crippen LogP contribution in [0.15, 0.2) is 17.0 Å². The summed E-state index contributed by atoms with van der Waals surface area (Å²) in [6, 6.07) is 3.05. The van der Waals surface area contributed by atoms with Crippen molar-refractivity contribution >= 4 is 25.4 Å². The highest BCUT2D eigenvalue weighted by molar-refractivity contribution is 8.13. The number of nitrogens with zero attached hydrogens (tertiary/aromatic N) is 2. The fourth-order valence-electron chi connectivity index (χ4n) is 1.46. The quantitative estimate of drug-likeness (QED) is 0.327. The highest BCUT2D eigenvalue weighted by Crippen LogP contribution is 2.33. The van der Waals surface area contributed by atoms with E-state index in [1.807, 2.05) is 6.07 Å². The van der Waals surface area contributed by atoms with Crippen molar-refractivity contribution in [1.29, 1.82) is 5.26 Å². The Balaban J connectivity index is 3.02.